The molecule has 1 amide bonds. The Morgan fingerprint density at radius 3 is 2.76 bits per heavy atom. The van der Waals surface area contributed by atoms with Gasteiger partial charge in [-0.2, -0.15) is 0 Å². The number of amides is 1. The summed E-state index contributed by atoms with van der Waals surface area (Å²) < 4.78 is 5.08. The molecule has 0 N–H and O–H groups in total. The number of hydrogen-bond acceptors (Lipinski definition) is 2. The van der Waals surface area contributed by atoms with Gasteiger partial charge in [0, 0.05) is 26.1 Å². The highest BCUT2D eigenvalue weighted by atomic mass is 16.5. The maximum absolute atomic E-state index is 12.4. The minimum atomic E-state index is 0.190. The van der Waals surface area contributed by atoms with Gasteiger partial charge in [-0.1, -0.05) is 26.0 Å². The number of methoxy groups -OCH3 is 1. The number of carbonyl (C=O) groups excluding carboxylic acids is 1. The van der Waals surface area contributed by atoms with E-state index in [1.807, 2.05) is 4.90 Å². The normalized spacial score (nSPS) is 19.6. The summed E-state index contributed by atoms with van der Waals surface area (Å²) in [5.41, 5.74) is 0. The van der Waals surface area contributed by atoms with Crippen LogP contribution in [0.1, 0.15) is 33.1 Å². The van der Waals surface area contributed by atoms with Gasteiger partial charge in [0.1, 0.15) is 0 Å². The fourth-order valence-electron chi connectivity index (χ4n) is 2.21. The average Bonchev–Trinajstić information content (AvgIpc) is 2.34. The first-order valence-corrected chi connectivity index (χ1v) is 6.58. The van der Waals surface area contributed by atoms with Crippen LogP contribution >= 0.6 is 0 Å². The van der Waals surface area contributed by atoms with Crippen LogP contribution in [0, 0.1) is 11.8 Å². The van der Waals surface area contributed by atoms with Crippen LogP contribution in [0.2, 0.25) is 0 Å². The van der Waals surface area contributed by atoms with E-state index in [9.17, 15) is 4.79 Å². The Morgan fingerprint density at radius 2 is 2.24 bits per heavy atom. The molecule has 0 aromatic carbocycles. The minimum Gasteiger partial charge on any atom is -0.383 e. The van der Waals surface area contributed by atoms with Crippen molar-refractivity contribution in [3.63, 3.8) is 0 Å². The fourth-order valence-corrected chi connectivity index (χ4v) is 2.21. The molecule has 1 aliphatic rings. The average molecular weight is 239 g/mol. The third-order valence-corrected chi connectivity index (χ3v) is 3.08. The summed E-state index contributed by atoms with van der Waals surface area (Å²) in [5, 5.41) is 0. The zero-order valence-electron chi connectivity index (χ0n) is 11.3. The highest BCUT2D eigenvalue weighted by Gasteiger charge is 2.24. The zero-order chi connectivity index (χ0) is 12.7. The summed E-state index contributed by atoms with van der Waals surface area (Å²) in [6.45, 7) is 6.47. The number of nitrogens with zero attached hydrogens (tertiary/aromatic N) is 1. The van der Waals surface area contributed by atoms with Crippen LogP contribution in [-0.4, -0.2) is 37.6 Å². The quantitative estimate of drug-likeness (QED) is 0.666. The monoisotopic (exact) mass is 239 g/mol. The molecular formula is C14H25NO2. The molecule has 1 rings (SSSR count). The third kappa shape index (κ3) is 4.90. The van der Waals surface area contributed by atoms with Crippen molar-refractivity contribution in [2.75, 3.05) is 26.8 Å². The van der Waals surface area contributed by atoms with E-state index in [0.717, 1.165) is 25.8 Å². The lowest BCUT2D eigenvalue weighted by molar-refractivity contribution is -0.137. The molecular weight excluding hydrogens is 214 g/mol. The van der Waals surface area contributed by atoms with E-state index < -0.39 is 0 Å². The van der Waals surface area contributed by atoms with Crippen LogP contribution in [-0.2, 0) is 9.53 Å². The van der Waals surface area contributed by atoms with Crippen LogP contribution in [0.5, 0.6) is 0 Å². The van der Waals surface area contributed by atoms with Gasteiger partial charge in [0.05, 0.1) is 6.61 Å². The van der Waals surface area contributed by atoms with Crippen molar-refractivity contribution >= 4 is 5.91 Å². The molecule has 0 radical (unpaired) electrons. The molecule has 0 heterocycles. The molecule has 17 heavy (non-hydrogen) atoms. The highest BCUT2D eigenvalue weighted by molar-refractivity contribution is 5.79. The van der Waals surface area contributed by atoms with Crippen LogP contribution < -0.4 is 0 Å². The van der Waals surface area contributed by atoms with E-state index >= 15 is 0 Å². The van der Waals surface area contributed by atoms with Gasteiger partial charge in [-0.05, 0) is 25.2 Å². The van der Waals surface area contributed by atoms with Crippen LogP contribution in [0.15, 0.2) is 12.2 Å². The summed E-state index contributed by atoms with van der Waals surface area (Å²) in [5.74, 6) is 1.01. The lowest BCUT2D eigenvalue weighted by atomic mass is 9.93. The van der Waals surface area contributed by atoms with Crippen molar-refractivity contribution < 1.29 is 9.53 Å². The third-order valence-electron chi connectivity index (χ3n) is 3.08. The maximum atomic E-state index is 12.4. The predicted octanol–water partition coefficient (Wildman–Crippen LogP) is 2.47. The second-order valence-electron chi connectivity index (χ2n) is 5.15. The summed E-state index contributed by atoms with van der Waals surface area (Å²) in [6, 6.07) is 0. The summed E-state index contributed by atoms with van der Waals surface area (Å²) >= 11 is 0. The largest absolute Gasteiger partial charge is 0.383 e. The fraction of sp³-hybridized carbons (Fsp3) is 0.786. The second-order valence-corrected chi connectivity index (χ2v) is 5.15. The van der Waals surface area contributed by atoms with Crippen LogP contribution in [0.4, 0.5) is 0 Å². The van der Waals surface area contributed by atoms with Crippen molar-refractivity contribution in [2.45, 2.75) is 33.1 Å². The molecule has 3 nitrogen and oxygen atoms in total. The first-order chi connectivity index (χ1) is 8.15. The van der Waals surface area contributed by atoms with Crippen molar-refractivity contribution in [3.8, 4) is 0 Å². The first kappa shape index (κ1) is 14.2. The van der Waals surface area contributed by atoms with Gasteiger partial charge in [-0.3, -0.25) is 4.79 Å². The van der Waals surface area contributed by atoms with E-state index in [-0.39, 0.29) is 5.92 Å². The van der Waals surface area contributed by atoms with E-state index in [1.54, 1.807) is 7.11 Å². The molecule has 0 bridgehead atoms. The van der Waals surface area contributed by atoms with Gasteiger partial charge >= 0.3 is 0 Å². The van der Waals surface area contributed by atoms with Crippen molar-refractivity contribution in [2.24, 2.45) is 11.8 Å². The van der Waals surface area contributed by atoms with Gasteiger partial charge in [0.25, 0.3) is 0 Å². The Morgan fingerprint density at radius 1 is 1.47 bits per heavy atom. The van der Waals surface area contributed by atoms with Crippen molar-refractivity contribution in [1.29, 1.82) is 0 Å². The van der Waals surface area contributed by atoms with Gasteiger partial charge in [-0.15, -0.1) is 0 Å². The molecule has 0 aromatic rings. The topological polar surface area (TPSA) is 29.5 Å². The molecule has 1 atom stereocenters. The maximum Gasteiger partial charge on any atom is 0.226 e. The van der Waals surface area contributed by atoms with Crippen molar-refractivity contribution in [3.05, 3.63) is 12.2 Å². The lowest BCUT2D eigenvalue weighted by Crippen LogP contribution is -2.40. The number of ether oxygens (including phenoxy) is 1. The summed E-state index contributed by atoms with van der Waals surface area (Å²) in [7, 11) is 1.68. The lowest BCUT2D eigenvalue weighted by Gasteiger charge is -2.29. The standard InChI is InChI=1S/C14H25NO2/c1-12(2)11-15(9-10-17-3)14(16)13-7-5-4-6-8-13/h4-5,12-13H,6-11H2,1-3H3. The Labute approximate surface area is 105 Å². The molecule has 98 valence electrons. The Hall–Kier alpha value is -0.830. The first-order valence-electron chi connectivity index (χ1n) is 6.58. The molecule has 3 heteroatoms. The number of hydrogen-bond donors (Lipinski definition) is 0. The van der Waals surface area contributed by atoms with E-state index in [4.69, 9.17) is 4.74 Å². The summed E-state index contributed by atoms with van der Waals surface area (Å²) in [4.78, 5) is 14.3. The number of rotatable bonds is 6. The highest BCUT2D eigenvalue weighted by Crippen LogP contribution is 2.21. The second kappa shape index (κ2) is 7.49. The van der Waals surface area contributed by atoms with E-state index in [2.05, 4.69) is 26.0 Å². The molecule has 0 saturated carbocycles. The molecule has 0 fully saturated rings. The molecule has 0 aliphatic heterocycles. The number of allylic oxidation sites excluding steroid dienone is 2. The minimum absolute atomic E-state index is 0.190. The molecule has 1 aliphatic carbocycles. The van der Waals surface area contributed by atoms with Gasteiger partial charge in [0.2, 0.25) is 5.91 Å². The Kier molecular flexibility index (Phi) is 6.27. The predicted molar refractivity (Wildman–Crippen MR) is 69.8 cm³/mol. The van der Waals surface area contributed by atoms with E-state index in [1.165, 1.54) is 0 Å². The molecule has 0 aromatic heterocycles. The van der Waals surface area contributed by atoms with Crippen LogP contribution in [0.25, 0.3) is 0 Å². The SMILES string of the molecule is COCCN(CC(C)C)C(=O)C1CC=CCC1. The van der Waals surface area contributed by atoms with Crippen LogP contribution in [0.3, 0.4) is 0 Å². The van der Waals surface area contributed by atoms with Gasteiger partial charge < -0.3 is 9.64 Å². The van der Waals surface area contributed by atoms with Crippen molar-refractivity contribution in [1.82, 2.24) is 4.90 Å². The Balaban J connectivity index is 2.54. The Bertz CT molecular complexity index is 261. The molecule has 0 saturated heterocycles. The molecule has 0 spiro atoms. The number of carbonyl (C=O) groups is 1. The van der Waals surface area contributed by atoms with E-state index in [0.29, 0.717) is 25.0 Å². The summed E-state index contributed by atoms with van der Waals surface area (Å²) in [6.07, 6.45) is 7.25. The smallest absolute Gasteiger partial charge is 0.226 e. The van der Waals surface area contributed by atoms with Gasteiger partial charge in [0.15, 0.2) is 0 Å². The zero-order valence-corrected chi connectivity index (χ0v) is 11.3. The molecule has 1 unspecified atom stereocenters. The van der Waals surface area contributed by atoms with Gasteiger partial charge in [-0.25, -0.2) is 0 Å².